The monoisotopic (exact) mass is 394 g/mol. The first-order valence-corrected chi connectivity index (χ1v) is 9.63. The quantitative estimate of drug-likeness (QED) is 0.730. The van der Waals surface area contributed by atoms with Gasteiger partial charge < -0.3 is 20.1 Å². The van der Waals surface area contributed by atoms with Crippen LogP contribution in [0.25, 0.3) is 0 Å². The van der Waals surface area contributed by atoms with Crippen LogP contribution in [0.4, 0.5) is 4.79 Å². The molecule has 29 heavy (non-hydrogen) atoms. The summed E-state index contributed by atoms with van der Waals surface area (Å²) in [5.74, 6) is 0.177. The summed E-state index contributed by atoms with van der Waals surface area (Å²) in [6.07, 6.45) is 0. The fraction of sp³-hybridized carbons (Fsp3) is 0.304. The number of nitrogens with one attached hydrogen (secondary N) is 2. The Morgan fingerprint density at radius 2 is 1.72 bits per heavy atom. The molecule has 0 bridgehead atoms. The highest BCUT2D eigenvalue weighted by atomic mass is 16.5. The van der Waals surface area contributed by atoms with Crippen molar-refractivity contribution in [2.24, 2.45) is 0 Å². The second kappa shape index (κ2) is 8.82. The summed E-state index contributed by atoms with van der Waals surface area (Å²) in [6.45, 7) is 7.96. The van der Waals surface area contributed by atoms with Crippen LogP contribution >= 0.6 is 0 Å². The maximum Gasteiger partial charge on any atom is 0.338 e. The summed E-state index contributed by atoms with van der Waals surface area (Å²) < 4.78 is 11.1. The zero-order chi connectivity index (χ0) is 21.0. The van der Waals surface area contributed by atoms with Crippen LogP contribution in [0.5, 0.6) is 5.75 Å². The lowest BCUT2D eigenvalue weighted by Crippen LogP contribution is -2.47. The minimum absolute atomic E-state index is 0.0476. The van der Waals surface area contributed by atoms with E-state index in [4.69, 9.17) is 9.47 Å². The number of hydrogen-bond acceptors (Lipinski definition) is 4. The smallest absolute Gasteiger partial charge is 0.338 e. The van der Waals surface area contributed by atoms with Crippen LogP contribution in [0.1, 0.15) is 35.2 Å². The largest absolute Gasteiger partial charge is 0.487 e. The van der Waals surface area contributed by atoms with Gasteiger partial charge in [0.05, 0.1) is 23.9 Å². The van der Waals surface area contributed by atoms with E-state index in [1.54, 1.807) is 6.92 Å². The molecule has 0 spiro atoms. The molecule has 2 amide bonds. The standard InChI is InChI=1S/C23H26N2O4/c1-5-28-22(26)20-19(13-29-17-10-7-14(2)8-11-17)24-23(27)25-21(20)18-12-15(3)6-9-16(18)4/h6-12,21H,5,13H2,1-4H3,(H2,24,25,27)/t21-/m1/s1. The predicted molar refractivity (Wildman–Crippen MR) is 111 cm³/mol. The molecule has 6 heteroatoms. The summed E-state index contributed by atoms with van der Waals surface area (Å²) in [6, 6.07) is 12.5. The van der Waals surface area contributed by atoms with E-state index in [1.807, 2.05) is 63.2 Å². The second-order valence-electron chi connectivity index (χ2n) is 7.11. The van der Waals surface area contributed by atoms with Gasteiger partial charge in [-0.15, -0.1) is 0 Å². The van der Waals surface area contributed by atoms with E-state index in [1.165, 1.54) is 0 Å². The van der Waals surface area contributed by atoms with Crippen LogP contribution in [-0.2, 0) is 9.53 Å². The molecule has 0 saturated carbocycles. The van der Waals surface area contributed by atoms with Crippen LogP contribution < -0.4 is 15.4 Å². The van der Waals surface area contributed by atoms with Crippen LogP contribution in [-0.4, -0.2) is 25.2 Å². The van der Waals surface area contributed by atoms with Crippen LogP contribution in [0, 0.1) is 20.8 Å². The number of hydrogen-bond donors (Lipinski definition) is 2. The molecule has 0 radical (unpaired) electrons. The number of esters is 1. The average Bonchev–Trinajstić information content (AvgIpc) is 2.69. The molecule has 0 aliphatic carbocycles. The number of ether oxygens (including phenoxy) is 2. The number of benzene rings is 2. The fourth-order valence-corrected chi connectivity index (χ4v) is 3.28. The van der Waals surface area contributed by atoms with Crippen molar-refractivity contribution in [2.45, 2.75) is 33.7 Å². The number of amides is 2. The van der Waals surface area contributed by atoms with E-state index in [2.05, 4.69) is 10.6 Å². The lowest BCUT2D eigenvalue weighted by molar-refractivity contribution is -0.139. The lowest BCUT2D eigenvalue weighted by Gasteiger charge is -2.30. The SMILES string of the molecule is CCOC(=O)C1=C(COc2ccc(C)cc2)NC(=O)N[C@@H]1c1cc(C)ccc1C. The summed E-state index contributed by atoms with van der Waals surface area (Å²) >= 11 is 0. The maximum atomic E-state index is 12.8. The van der Waals surface area contributed by atoms with Gasteiger partial charge in [-0.25, -0.2) is 9.59 Å². The van der Waals surface area contributed by atoms with Crippen LogP contribution in [0.2, 0.25) is 0 Å². The Labute approximate surface area is 170 Å². The molecule has 2 aromatic rings. The van der Waals surface area contributed by atoms with E-state index in [-0.39, 0.29) is 19.2 Å². The first-order chi connectivity index (χ1) is 13.9. The molecular weight excluding hydrogens is 368 g/mol. The van der Waals surface area contributed by atoms with E-state index in [0.29, 0.717) is 17.0 Å². The molecule has 1 aliphatic heterocycles. The number of carbonyl (C=O) groups excluding carboxylic acids is 2. The molecule has 0 unspecified atom stereocenters. The Kier molecular flexibility index (Phi) is 6.22. The fourth-order valence-electron chi connectivity index (χ4n) is 3.28. The topological polar surface area (TPSA) is 76.7 Å². The number of rotatable bonds is 6. The Hall–Kier alpha value is -3.28. The van der Waals surface area contributed by atoms with Crippen molar-refractivity contribution in [1.29, 1.82) is 0 Å². The maximum absolute atomic E-state index is 12.8. The van der Waals surface area contributed by atoms with Crippen molar-refractivity contribution < 1.29 is 19.1 Å². The summed E-state index contributed by atoms with van der Waals surface area (Å²) in [4.78, 5) is 25.2. The molecule has 0 fully saturated rings. The van der Waals surface area contributed by atoms with Crippen molar-refractivity contribution in [1.82, 2.24) is 10.6 Å². The Morgan fingerprint density at radius 1 is 1.03 bits per heavy atom. The van der Waals surface area contributed by atoms with Gasteiger partial charge in [0.2, 0.25) is 0 Å². The van der Waals surface area contributed by atoms with Crippen molar-refractivity contribution in [2.75, 3.05) is 13.2 Å². The van der Waals surface area contributed by atoms with E-state index in [9.17, 15) is 9.59 Å². The molecule has 1 atom stereocenters. The van der Waals surface area contributed by atoms with E-state index >= 15 is 0 Å². The number of aryl methyl sites for hydroxylation is 3. The van der Waals surface area contributed by atoms with Gasteiger partial charge in [-0.3, -0.25) is 0 Å². The summed E-state index contributed by atoms with van der Waals surface area (Å²) in [5.41, 5.74) is 4.75. The Balaban J connectivity index is 2.00. The molecular formula is C23H26N2O4. The molecule has 0 saturated heterocycles. The molecule has 3 rings (SSSR count). The van der Waals surface area contributed by atoms with Crippen molar-refractivity contribution in [3.63, 3.8) is 0 Å². The van der Waals surface area contributed by atoms with Crippen LogP contribution in [0.15, 0.2) is 53.7 Å². The Morgan fingerprint density at radius 3 is 2.41 bits per heavy atom. The zero-order valence-electron chi connectivity index (χ0n) is 17.2. The van der Waals surface area contributed by atoms with E-state index in [0.717, 1.165) is 22.3 Å². The number of carbonyl (C=O) groups is 2. The molecule has 2 aromatic carbocycles. The highest BCUT2D eigenvalue weighted by Crippen LogP contribution is 2.31. The molecule has 2 N–H and O–H groups in total. The molecule has 6 nitrogen and oxygen atoms in total. The van der Waals surface area contributed by atoms with Gasteiger partial charge in [-0.05, 0) is 51.0 Å². The van der Waals surface area contributed by atoms with Gasteiger partial charge in [0.1, 0.15) is 12.4 Å². The second-order valence-corrected chi connectivity index (χ2v) is 7.11. The van der Waals surface area contributed by atoms with Gasteiger partial charge in [0.25, 0.3) is 0 Å². The van der Waals surface area contributed by atoms with Gasteiger partial charge in [-0.2, -0.15) is 0 Å². The third-order valence-electron chi connectivity index (χ3n) is 4.80. The summed E-state index contributed by atoms with van der Waals surface area (Å²) in [5, 5.41) is 5.59. The predicted octanol–water partition coefficient (Wildman–Crippen LogP) is 3.86. The van der Waals surface area contributed by atoms with Crippen molar-refractivity contribution in [3.8, 4) is 5.75 Å². The minimum Gasteiger partial charge on any atom is -0.487 e. The van der Waals surface area contributed by atoms with Crippen LogP contribution in [0.3, 0.4) is 0 Å². The first-order valence-electron chi connectivity index (χ1n) is 9.63. The highest BCUT2D eigenvalue weighted by molar-refractivity contribution is 5.95. The first kappa shape index (κ1) is 20.5. The third kappa shape index (κ3) is 4.77. The summed E-state index contributed by atoms with van der Waals surface area (Å²) in [7, 11) is 0. The molecule has 0 aromatic heterocycles. The van der Waals surface area contributed by atoms with Gasteiger partial charge >= 0.3 is 12.0 Å². The third-order valence-corrected chi connectivity index (χ3v) is 4.80. The van der Waals surface area contributed by atoms with Gasteiger partial charge in [0.15, 0.2) is 0 Å². The van der Waals surface area contributed by atoms with Crippen molar-refractivity contribution >= 4 is 12.0 Å². The lowest BCUT2D eigenvalue weighted by atomic mass is 9.91. The normalized spacial score (nSPS) is 16.1. The highest BCUT2D eigenvalue weighted by Gasteiger charge is 2.34. The van der Waals surface area contributed by atoms with E-state index < -0.39 is 12.0 Å². The molecule has 1 aliphatic rings. The Bertz CT molecular complexity index is 948. The van der Waals surface area contributed by atoms with Gasteiger partial charge in [0, 0.05) is 0 Å². The zero-order valence-corrected chi connectivity index (χ0v) is 17.2. The average molecular weight is 394 g/mol. The molecule has 1 heterocycles. The number of urea groups is 1. The minimum atomic E-state index is -0.612. The van der Waals surface area contributed by atoms with Gasteiger partial charge in [-0.1, -0.05) is 41.5 Å². The van der Waals surface area contributed by atoms with Crippen molar-refractivity contribution in [3.05, 3.63) is 76.0 Å². The molecule has 152 valence electrons.